The van der Waals surface area contributed by atoms with Crippen LogP contribution in [-0.4, -0.2) is 35.8 Å². The van der Waals surface area contributed by atoms with Crippen LogP contribution in [0.2, 0.25) is 0 Å². The number of aliphatic hydroxyl groups excluding tert-OH is 1. The maximum atomic E-state index is 11.1. The third-order valence-corrected chi connectivity index (χ3v) is 3.73. The third-order valence-electron chi connectivity index (χ3n) is 3.73. The molecular formula is C15H22N2O4. The van der Waals surface area contributed by atoms with Crippen LogP contribution < -0.4 is 9.64 Å². The molecular weight excluding hydrogens is 272 g/mol. The number of aliphatic hydroxyl groups is 1. The van der Waals surface area contributed by atoms with Crippen molar-refractivity contribution in [1.82, 2.24) is 0 Å². The molecule has 2 rings (SSSR count). The fourth-order valence-corrected chi connectivity index (χ4v) is 2.67. The van der Waals surface area contributed by atoms with Crippen molar-refractivity contribution in [3.63, 3.8) is 0 Å². The standard InChI is InChI=1S/C15H22N2O4/c1-2-7-21-15-9-13(8-14(10-15)17(19)20)16-6-4-3-5-12(16)11-18/h8-10,12,18H,2-7,11H2,1H3. The number of nitro groups is 1. The molecule has 1 unspecified atom stereocenters. The maximum Gasteiger partial charge on any atom is 0.275 e. The molecule has 1 aromatic rings. The van der Waals surface area contributed by atoms with Crippen LogP contribution in [0.25, 0.3) is 0 Å². The van der Waals surface area contributed by atoms with Gasteiger partial charge in [-0.25, -0.2) is 0 Å². The summed E-state index contributed by atoms with van der Waals surface area (Å²) < 4.78 is 5.55. The molecule has 6 heteroatoms. The van der Waals surface area contributed by atoms with Crippen molar-refractivity contribution in [1.29, 1.82) is 0 Å². The number of benzene rings is 1. The normalized spacial score (nSPS) is 18.6. The Morgan fingerprint density at radius 3 is 2.90 bits per heavy atom. The summed E-state index contributed by atoms with van der Waals surface area (Å²) in [5.74, 6) is 0.517. The van der Waals surface area contributed by atoms with E-state index >= 15 is 0 Å². The molecule has 0 saturated carbocycles. The lowest BCUT2D eigenvalue weighted by Gasteiger charge is -2.36. The minimum Gasteiger partial charge on any atom is -0.493 e. The van der Waals surface area contributed by atoms with Gasteiger partial charge in [-0.15, -0.1) is 0 Å². The molecule has 0 amide bonds. The number of hydrogen-bond donors (Lipinski definition) is 1. The Morgan fingerprint density at radius 2 is 2.24 bits per heavy atom. The first-order chi connectivity index (χ1) is 10.2. The van der Waals surface area contributed by atoms with E-state index in [1.807, 2.05) is 13.0 Å². The minimum atomic E-state index is -0.403. The highest BCUT2D eigenvalue weighted by Gasteiger charge is 2.24. The Labute approximate surface area is 124 Å². The maximum absolute atomic E-state index is 11.1. The molecule has 1 aromatic carbocycles. The van der Waals surface area contributed by atoms with Gasteiger partial charge in [0.25, 0.3) is 5.69 Å². The molecule has 0 aromatic heterocycles. The van der Waals surface area contributed by atoms with Crippen molar-refractivity contribution >= 4 is 11.4 Å². The fraction of sp³-hybridized carbons (Fsp3) is 0.600. The molecule has 116 valence electrons. The van der Waals surface area contributed by atoms with Crippen LogP contribution in [0.5, 0.6) is 5.75 Å². The van der Waals surface area contributed by atoms with E-state index in [0.29, 0.717) is 12.4 Å². The Kier molecular flexibility index (Phi) is 5.38. The zero-order chi connectivity index (χ0) is 15.2. The monoisotopic (exact) mass is 294 g/mol. The van der Waals surface area contributed by atoms with E-state index in [-0.39, 0.29) is 18.3 Å². The fourth-order valence-electron chi connectivity index (χ4n) is 2.67. The summed E-state index contributed by atoms with van der Waals surface area (Å²) in [7, 11) is 0. The van der Waals surface area contributed by atoms with Gasteiger partial charge >= 0.3 is 0 Å². The summed E-state index contributed by atoms with van der Waals surface area (Å²) in [6.45, 7) is 3.39. The largest absolute Gasteiger partial charge is 0.493 e. The number of ether oxygens (including phenoxy) is 1. The van der Waals surface area contributed by atoms with E-state index < -0.39 is 4.92 Å². The lowest BCUT2D eigenvalue weighted by Crippen LogP contribution is -2.41. The van der Waals surface area contributed by atoms with Crippen LogP contribution >= 0.6 is 0 Å². The van der Waals surface area contributed by atoms with Crippen molar-refractivity contribution in [2.75, 3.05) is 24.7 Å². The Morgan fingerprint density at radius 1 is 1.43 bits per heavy atom. The summed E-state index contributed by atoms with van der Waals surface area (Å²) in [5, 5.41) is 20.6. The summed E-state index contributed by atoms with van der Waals surface area (Å²) >= 11 is 0. The highest BCUT2D eigenvalue weighted by atomic mass is 16.6. The molecule has 6 nitrogen and oxygen atoms in total. The van der Waals surface area contributed by atoms with Crippen molar-refractivity contribution < 1.29 is 14.8 Å². The van der Waals surface area contributed by atoms with Gasteiger partial charge in [-0.2, -0.15) is 0 Å². The van der Waals surface area contributed by atoms with Crippen molar-refractivity contribution in [2.45, 2.75) is 38.6 Å². The van der Waals surface area contributed by atoms with Crippen molar-refractivity contribution in [3.05, 3.63) is 28.3 Å². The Bertz CT molecular complexity index is 493. The Balaban J connectivity index is 2.31. The average molecular weight is 294 g/mol. The zero-order valence-electron chi connectivity index (χ0n) is 12.3. The Hall–Kier alpha value is -1.82. The topological polar surface area (TPSA) is 75.8 Å². The first kappa shape index (κ1) is 15.6. The molecule has 1 atom stereocenters. The number of hydrogen-bond acceptors (Lipinski definition) is 5. The first-order valence-corrected chi connectivity index (χ1v) is 7.45. The number of non-ortho nitro benzene ring substituents is 1. The first-order valence-electron chi connectivity index (χ1n) is 7.45. The van der Waals surface area contributed by atoms with E-state index in [1.165, 1.54) is 6.07 Å². The predicted octanol–water partition coefficient (Wildman–Crippen LogP) is 2.73. The van der Waals surface area contributed by atoms with Crippen LogP contribution in [0.1, 0.15) is 32.6 Å². The smallest absolute Gasteiger partial charge is 0.275 e. The lowest BCUT2D eigenvalue weighted by atomic mass is 10.0. The number of anilines is 1. The van der Waals surface area contributed by atoms with Gasteiger partial charge in [0.15, 0.2) is 0 Å². The molecule has 0 bridgehead atoms. The van der Waals surface area contributed by atoms with E-state index in [0.717, 1.165) is 37.9 Å². The summed E-state index contributed by atoms with van der Waals surface area (Å²) in [6, 6.07) is 4.88. The zero-order valence-corrected chi connectivity index (χ0v) is 12.3. The molecule has 1 aliphatic heterocycles. The van der Waals surface area contributed by atoms with Crippen LogP contribution in [0, 0.1) is 10.1 Å². The van der Waals surface area contributed by atoms with Gasteiger partial charge in [0.2, 0.25) is 0 Å². The van der Waals surface area contributed by atoms with Gasteiger partial charge in [-0.3, -0.25) is 10.1 Å². The summed E-state index contributed by atoms with van der Waals surface area (Å²) in [5.41, 5.74) is 0.787. The van der Waals surface area contributed by atoms with E-state index in [2.05, 4.69) is 4.90 Å². The molecule has 0 spiro atoms. The SMILES string of the molecule is CCCOc1cc(N2CCCCC2CO)cc([N+](=O)[O-])c1. The molecule has 1 fully saturated rings. The lowest BCUT2D eigenvalue weighted by molar-refractivity contribution is -0.384. The van der Waals surface area contributed by atoms with Crippen molar-refractivity contribution in [2.24, 2.45) is 0 Å². The summed E-state index contributed by atoms with van der Waals surface area (Å²) in [6.07, 6.45) is 3.87. The second-order valence-corrected chi connectivity index (χ2v) is 5.32. The summed E-state index contributed by atoms with van der Waals surface area (Å²) in [4.78, 5) is 12.7. The third kappa shape index (κ3) is 3.85. The molecule has 21 heavy (non-hydrogen) atoms. The second-order valence-electron chi connectivity index (χ2n) is 5.32. The van der Waals surface area contributed by atoms with Gasteiger partial charge in [-0.1, -0.05) is 6.92 Å². The van der Waals surface area contributed by atoms with Gasteiger partial charge in [0.05, 0.1) is 30.2 Å². The second kappa shape index (κ2) is 7.26. The number of rotatable bonds is 6. The average Bonchev–Trinajstić information content (AvgIpc) is 2.52. The van der Waals surface area contributed by atoms with Gasteiger partial charge in [0.1, 0.15) is 5.75 Å². The van der Waals surface area contributed by atoms with Crippen LogP contribution in [0.15, 0.2) is 18.2 Å². The molecule has 1 aliphatic rings. The van der Waals surface area contributed by atoms with Gasteiger partial charge < -0.3 is 14.7 Å². The number of nitrogens with zero attached hydrogens (tertiary/aromatic N) is 2. The molecule has 0 radical (unpaired) electrons. The quantitative estimate of drug-likeness (QED) is 0.645. The number of piperidine rings is 1. The molecule has 0 aliphatic carbocycles. The van der Waals surface area contributed by atoms with Gasteiger partial charge in [0, 0.05) is 24.4 Å². The highest BCUT2D eigenvalue weighted by molar-refractivity contribution is 5.59. The van der Waals surface area contributed by atoms with E-state index in [1.54, 1.807) is 6.07 Å². The highest BCUT2D eigenvalue weighted by Crippen LogP contribution is 2.32. The van der Waals surface area contributed by atoms with E-state index in [9.17, 15) is 15.2 Å². The molecule has 1 heterocycles. The predicted molar refractivity (Wildman–Crippen MR) is 81.0 cm³/mol. The number of nitro benzene ring substituents is 1. The van der Waals surface area contributed by atoms with Crippen LogP contribution in [0.4, 0.5) is 11.4 Å². The van der Waals surface area contributed by atoms with Gasteiger partial charge in [-0.05, 0) is 25.7 Å². The van der Waals surface area contributed by atoms with Crippen LogP contribution in [-0.2, 0) is 0 Å². The molecule has 1 saturated heterocycles. The minimum absolute atomic E-state index is 0.0276. The van der Waals surface area contributed by atoms with Crippen molar-refractivity contribution in [3.8, 4) is 5.75 Å². The van der Waals surface area contributed by atoms with E-state index in [4.69, 9.17) is 4.74 Å². The van der Waals surface area contributed by atoms with Crippen LogP contribution in [0.3, 0.4) is 0 Å². The molecule has 1 N–H and O–H groups in total.